The number of aliphatic hydroxyl groups is 1. The molecule has 1 aliphatic heterocycles. The Morgan fingerprint density at radius 2 is 1.77 bits per heavy atom. The van der Waals surface area contributed by atoms with Crippen LogP contribution in [-0.4, -0.2) is 22.3 Å². The van der Waals surface area contributed by atoms with Gasteiger partial charge in [-0.15, -0.1) is 0 Å². The lowest BCUT2D eigenvalue weighted by molar-refractivity contribution is 0.157. The van der Waals surface area contributed by atoms with Crippen LogP contribution in [0.5, 0.6) is 11.5 Å². The third-order valence-corrected chi connectivity index (χ3v) is 6.31. The molecule has 2 N–H and O–H groups in total. The lowest BCUT2D eigenvalue weighted by atomic mass is 9.78. The zero-order chi connectivity index (χ0) is 22.0. The number of rotatable bonds is 7. The van der Waals surface area contributed by atoms with Crippen molar-refractivity contribution >= 4 is 22.9 Å². The van der Waals surface area contributed by atoms with Gasteiger partial charge in [-0.1, -0.05) is 42.5 Å². The van der Waals surface area contributed by atoms with Gasteiger partial charge in [-0.3, -0.25) is 0 Å². The molecule has 4 nitrogen and oxygen atoms in total. The number of hydrogen-bond acceptors (Lipinski definition) is 4. The highest BCUT2D eigenvalue weighted by molar-refractivity contribution is 7.80. The predicted molar refractivity (Wildman–Crippen MR) is 123 cm³/mol. The van der Waals surface area contributed by atoms with E-state index in [4.69, 9.17) is 17.0 Å². The monoisotopic (exact) mass is 437 g/mol. The van der Waals surface area contributed by atoms with Gasteiger partial charge in [0.25, 0.3) is 0 Å². The molecule has 0 spiro atoms. The molecule has 0 unspecified atom stereocenters. The third-order valence-electron chi connectivity index (χ3n) is 5.81. The summed E-state index contributed by atoms with van der Waals surface area (Å²) < 4.78 is 18.4. The van der Waals surface area contributed by atoms with E-state index in [2.05, 4.69) is 0 Å². The van der Waals surface area contributed by atoms with E-state index in [1.807, 2.05) is 47.4 Å². The fraction of sp³-hybridized carbons (Fsp3) is 0.240. The molecule has 3 atom stereocenters. The Hall–Kier alpha value is -2.96. The second-order valence-corrected chi connectivity index (χ2v) is 8.08. The van der Waals surface area contributed by atoms with E-state index in [0.717, 1.165) is 16.2 Å². The minimum absolute atomic E-state index is 0.0235. The smallest absolute Gasteiger partial charge is 0.124 e. The summed E-state index contributed by atoms with van der Waals surface area (Å²) in [4.78, 5) is 2.82. The van der Waals surface area contributed by atoms with Gasteiger partial charge in [0.05, 0.1) is 24.2 Å². The first-order valence-electron chi connectivity index (χ1n) is 10.2. The summed E-state index contributed by atoms with van der Waals surface area (Å²) in [5.41, 5.74) is 2.40. The van der Waals surface area contributed by atoms with Crippen LogP contribution in [0.3, 0.4) is 0 Å². The Balaban J connectivity index is 1.58. The van der Waals surface area contributed by atoms with Crippen molar-refractivity contribution in [2.45, 2.75) is 25.0 Å². The van der Waals surface area contributed by atoms with E-state index in [-0.39, 0.29) is 23.5 Å². The molecule has 1 heterocycles. The minimum Gasteiger partial charge on any atom is -0.507 e. The van der Waals surface area contributed by atoms with Gasteiger partial charge in [0.15, 0.2) is 0 Å². The van der Waals surface area contributed by atoms with Crippen molar-refractivity contribution in [1.82, 2.24) is 0 Å². The molecular weight excluding hydrogens is 413 g/mol. The van der Waals surface area contributed by atoms with Crippen LogP contribution < -0.4 is 9.64 Å². The third kappa shape index (κ3) is 4.27. The quantitative estimate of drug-likeness (QED) is 0.474. The second kappa shape index (κ2) is 9.04. The number of phenols is 1. The van der Waals surface area contributed by atoms with Crippen molar-refractivity contribution in [3.05, 3.63) is 89.7 Å². The van der Waals surface area contributed by atoms with Gasteiger partial charge in [-0.05, 0) is 54.8 Å². The summed E-state index contributed by atoms with van der Waals surface area (Å²) in [6.07, 6.45) is 0.405. The molecule has 0 radical (unpaired) electrons. The van der Waals surface area contributed by atoms with Gasteiger partial charge >= 0.3 is 0 Å². The molecule has 160 valence electrons. The van der Waals surface area contributed by atoms with Gasteiger partial charge in [0.2, 0.25) is 0 Å². The summed E-state index contributed by atoms with van der Waals surface area (Å²) in [5, 5.41) is 21.3. The molecule has 3 aromatic carbocycles. The zero-order valence-electron chi connectivity index (χ0n) is 17.1. The second-order valence-electron chi connectivity index (χ2n) is 7.66. The summed E-state index contributed by atoms with van der Waals surface area (Å²) in [6, 6.07) is 20.9. The van der Waals surface area contributed by atoms with E-state index in [9.17, 15) is 14.6 Å². The van der Waals surface area contributed by atoms with Crippen LogP contribution in [0.1, 0.15) is 36.1 Å². The number of phenolic OH excluding ortho intramolecular Hbond substituents is 1. The number of hydrogen-bond donors (Lipinski definition) is 2. The number of anilines is 1. The van der Waals surface area contributed by atoms with Crippen LogP contribution in [-0.2, 0) is 0 Å². The number of nitrogens with zero attached hydrogens (tertiary/aromatic N) is 1. The molecule has 6 heteroatoms. The number of thiocarbonyl (C=S) groups is 1. The lowest BCUT2D eigenvalue weighted by Gasteiger charge is -2.50. The molecule has 0 amide bonds. The Labute approximate surface area is 186 Å². The molecule has 1 fully saturated rings. The molecule has 31 heavy (non-hydrogen) atoms. The maximum atomic E-state index is 13.2. The van der Waals surface area contributed by atoms with Crippen molar-refractivity contribution < 1.29 is 19.3 Å². The Kier molecular flexibility index (Phi) is 6.20. The number of benzene rings is 3. The number of aromatic hydroxyl groups is 1. The Bertz CT molecular complexity index is 1060. The SMILES string of the molecule is COc1ccc([C@@H]2[C@@H](CC[C@H](O)c3ccc(F)cc3)C(=S)N2c2ccccc2)c(O)c1. The Morgan fingerprint density at radius 1 is 1.06 bits per heavy atom. The number of para-hydroxylation sites is 1. The van der Waals surface area contributed by atoms with Gasteiger partial charge < -0.3 is 19.8 Å². The number of aliphatic hydroxyl groups excluding tert-OH is 1. The summed E-state index contributed by atoms with van der Waals surface area (Å²) in [6.45, 7) is 0. The van der Waals surface area contributed by atoms with E-state index in [1.165, 1.54) is 12.1 Å². The molecule has 0 bridgehead atoms. The number of halogens is 1. The van der Waals surface area contributed by atoms with Crippen LogP contribution in [0.4, 0.5) is 10.1 Å². The zero-order valence-corrected chi connectivity index (χ0v) is 17.9. The highest BCUT2D eigenvalue weighted by Gasteiger charge is 2.46. The van der Waals surface area contributed by atoms with Gasteiger partial charge in [-0.25, -0.2) is 4.39 Å². The average molecular weight is 438 g/mol. The Morgan fingerprint density at radius 3 is 2.42 bits per heavy atom. The first-order chi connectivity index (χ1) is 15.0. The standard InChI is InChI=1S/C25H24FNO3S/c1-30-19-11-12-20(23(29)15-19)24-21(25(31)27(24)18-5-3-2-4-6-18)13-14-22(28)16-7-9-17(26)10-8-16/h2-12,15,21-22,24,28-29H,13-14H2,1H3/t21-,22+,24-/m1/s1. The van der Waals surface area contributed by atoms with Gasteiger partial charge in [0, 0.05) is 23.2 Å². The van der Waals surface area contributed by atoms with Crippen LogP contribution >= 0.6 is 12.2 Å². The number of methoxy groups -OCH3 is 1. The van der Waals surface area contributed by atoms with Crippen LogP contribution in [0.2, 0.25) is 0 Å². The van der Waals surface area contributed by atoms with Gasteiger partial charge in [0.1, 0.15) is 17.3 Å². The fourth-order valence-corrected chi connectivity index (χ4v) is 4.62. The van der Waals surface area contributed by atoms with Crippen molar-refractivity contribution in [3.63, 3.8) is 0 Å². The van der Waals surface area contributed by atoms with E-state index < -0.39 is 6.10 Å². The fourth-order valence-electron chi connectivity index (χ4n) is 4.15. The van der Waals surface area contributed by atoms with Crippen LogP contribution in [0.15, 0.2) is 72.8 Å². The van der Waals surface area contributed by atoms with Crippen molar-refractivity contribution in [2.75, 3.05) is 12.0 Å². The summed E-state index contributed by atoms with van der Waals surface area (Å²) >= 11 is 5.75. The molecule has 3 aromatic rings. The maximum absolute atomic E-state index is 13.2. The highest BCUT2D eigenvalue weighted by atomic mass is 32.1. The predicted octanol–water partition coefficient (Wildman–Crippen LogP) is 5.56. The normalized spacial score (nSPS) is 19.1. The minimum atomic E-state index is -0.709. The van der Waals surface area contributed by atoms with Crippen molar-refractivity contribution in [3.8, 4) is 11.5 Å². The topological polar surface area (TPSA) is 52.9 Å². The largest absolute Gasteiger partial charge is 0.507 e. The summed E-state index contributed by atoms with van der Waals surface area (Å²) in [5.74, 6) is 0.379. The average Bonchev–Trinajstić information content (AvgIpc) is 2.78. The number of ether oxygens (including phenoxy) is 1. The highest BCUT2D eigenvalue weighted by Crippen LogP contribution is 2.49. The first-order valence-corrected chi connectivity index (χ1v) is 10.6. The first kappa shape index (κ1) is 21.3. The van der Waals surface area contributed by atoms with Gasteiger partial charge in [-0.2, -0.15) is 0 Å². The van der Waals surface area contributed by atoms with E-state index >= 15 is 0 Å². The summed E-state index contributed by atoms with van der Waals surface area (Å²) in [7, 11) is 1.56. The van der Waals surface area contributed by atoms with E-state index in [0.29, 0.717) is 24.2 Å². The van der Waals surface area contributed by atoms with Crippen molar-refractivity contribution in [1.29, 1.82) is 0 Å². The van der Waals surface area contributed by atoms with Crippen LogP contribution in [0, 0.1) is 11.7 Å². The molecule has 0 aliphatic carbocycles. The molecular formula is C25H24FNO3S. The molecule has 0 saturated carbocycles. The molecule has 4 rings (SSSR count). The van der Waals surface area contributed by atoms with Crippen molar-refractivity contribution in [2.24, 2.45) is 5.92 Å². The molecule has 1 aliphatic rings. The van der Waals surface area contributed by atoms with Crippen LogP contribution in [0.25, 0.3) is 0 Å². The molecule has 1 saturated heterocycles. The lowest BCUT2D eigenvalue weighted by Crippen LogP contribution is -2.54. The maximum Gasteiger partial charge on any atom is 0.124 e. The van der Waals surface area contributed by atoms with E-state index in [1.54, 1.807) is 25.3 Å². The molecule has 0 aromatic heterocycles.